The molecule has 0 atom stereocenters. The van der Waals surface area contributed by atoms with Crippen molar-refractivity contribution in [2.45, 2.75) is 38.4 Å². The standard InChI is InChI=1S/C20H21N3O/c1-3-7-16(8-4-1)13-23(14-17-9-5-2-6-10-17)15-19-21-22-20(24-19)18-11-12-18/h1-10,18H,11-15H2. The smallest absolute Gasteiger partial charge is 0.230 e. The second-order valence-electron chi connectivity index (χ2n) is 6.42. The van der Waals surface area contributed by atoms with Gasteiger partial charge in [0.05, 0.1) is 6.54 Å². The normalized spacial score (nSPS) is 14.2. The third-order valence-electron chi connectivity index (χ3n) is 4.27. The van der Waals surface area contributed by atoms with Crippen LogP contribution < -0.4 is 0 Å². The van der Waals surface area contributed by atoms with Crippen LogP contribution >= 0.6 is 0 Å². The first-order valence-corrected chi connectivity index (χ1v) is 8.49. The first-order valence-electron chi connectivity index (χ1n) is 8.49. The first-order chi connectivity index (χ1) is 11.9. The molecule has 4 rings (SSSR count). The van der Waals surface area contributed by atoms with Crippen molar-refractivity contribution in [2.24, 2.45) is 0 Å². The van der Waals surface area contributed by atoms with Gasteiger partial charge in [-0.05, 0) is 24.0 Å². The largest absolute Gasteiger partial charge is 0.424 e. The fraction of sp³-hybridized carbons (Fsp3) is 0.300. The summed E-state index contributed by atoms with van der Waals surface area (Å²) in [6.07, 6.45) is 2.36. The first kappa shape index (κ1) is 15.1. The molecular weight excluding hydrogens is 298 g/mol. The number of rotatable bonds is 7. The number of aromatic nitrogens is 2. The molecule has 0 unspecified atom stereocenters. The molecule has 1 saturated carbocycles. The van der Waals surface area contributed by atoms with E-state index in [1.54, 1.807) is 0 Å². The Morgan fingerprint density at radius 3 is 1.92 bits per heavy atom. The lowest BCUT2D eigenvalue weighted by molar-refractivity contribution is 0.220. The third-order valence-corrected chi connectivity index (χ3v) is 4.27. The van der Waals surface area contributed by atoms with Crippen molar-refractivity contribution in [3.8, 4) is 0 Å². The maximum absolute atomic E-state index is 5.85. The summed E-state index contributed by atoms with van der Waals surface area (Å²) < 4.78 is 5.85. The van der Waals surface area contributed by atoms with Gasteiger partial charge in [0.2, 0.25) is 11.8 Å². The minimum atomic E-state index is 0.503. The van der Waals surface area contributed by atoms with Crippen molar-refractivity contribution in [1.82, 2.24) is 15.1 Å². The summed E-state index contributed by atoms with van der Waals surface area (Å²) >= 11 is 0. The fourth-order valence-corrected chi connectivity index (χ4v) is 2.87. The molecule has 0 radical (unpaired) electrons. The van der Waals surface area contributed by atoms with Gasteiger partial charge >= 0.3 is 0 Å². The van der Waals surface area contributed by atoms with Gasteiger partial charge in [0.1, 0.15) is 0 Å². The Morgan fingerprint density at radius 1 is 0.792 bits per heavy atom. The topological polar surface area (TPSA) is 42.2 Å². The van der Waals surface area contributed by atoms with Gasteiger partial charge in [-0.3, -0.25) is 4.90 Å². The molecule has 0 amide bonds. The summed E-state index contributed by atoms with van der Waals surface area (Å²) in [6.45, 7) is 2.39. The minimum absolute atomic E-state index is 0.503. The summed E-state index contributed by atoms with van der Waals surface area (Å²) in [5, 5.41) is 8.44. The molecular formula is C20H21N3O. The van der Waals surface area contributed by atoms with Crippen LogP contribution in [0.25, 0.3) is 0 Å². The molecule has 2 aromatic carbocycles. The number of nitrogens with zero attached hydrogens (tertiary/aromatic N) is 3. The van der Waals surface area contributed by atoms with Crippen molar-refractivity contribution >= 4 is 0 Å². The predicted molar refractivity (Wildman–Crippen MR) is 92.1 cm³/mol. The molecule has 1 heterocycles. The van der Waals surface area contributed by atoms with Gasteiger partial charge in [-0.1, -0.05) is 60.7 Å². The molecule has 1 aliphatic rings. The molecule has 0 aliphatic heterocycles. The van der Waals surface area contributed by atoms with Gasteiger partial charge in [-0.25, -0.2) is 0 Å². The van der Waals surface area contributed by atoms with Crippen LogP contribution in [0.15, 0.2) is 65.1 Å². The number of hydrogen-bond donors (Lipinski definition) is 0. The monoisotopic (exact) mass is 319 g/mol. The van der Waals surface area contributed by atoms with Gasteiger partial charge in [-0.2, -0.15) is 0 Å². The van der Waals surface area contributed by atoms with Crippen LogP contribution in [0.3, 0.4) is 0 Å². The van der Waals surface area contributed by atoms with E-state index in [2.05, 4.69) is 63.6 Å². The molecule has 0 N–H and O–H groups in total. The van der Waals surface area contributed by atoms with E-state index in [-0.39, 0.29) is 0 Å². The van der Waals surface area contributed by atoms with Gasteiger partial charge in [-0.15, -0.1) is 10.2 Å². The van der Waals surface area contributed by atoms with E-state index in [0.29, 0.717) is 18.4 Å². The van der Waals surface area contributed by atoms with Crippen LogP contribution in [0.4, 0.5) is 0 Å². The fourth-order valence-electron chi connectivity index (χ4n) is 2.87. The average molecular weight is 319 g/mol. The lowest BCUT2D eigenvalue weighted by Crippen LogP contribution is -2.22. The van der Waals surface area contributed by atoms with Crippen LogP contribution in [0, 0.1) is 0 Å². The quantitative estimate of drug-likeness (QED) is 0.656. The summed E-state index contributed by atoms with van der Waals surface area (Å²) in [6, 6.07) is 21.0. The molecule has 122 valence electrons. The van der Waals surface area contributed by atoms with E-state index in [0.717, 1.165) is 19.0 Å². The molecule has 3 aromatic rings. The Labute approximate surface area is 142 Å². The Bertz CT molecular complexity index is 724. The van der Waals surface area contributed by atoms with E-state index in [9.17, 15) is 0 Å². The molecule has 4 heteroatoms. The van der Waals surface area contributed by atoms with Gasteiger partial charge < -0.3 is 4.42 Å². The number of benzene rings is 2. The Kier molecular flexibility index (Phi) is 4.38. The predicted octanol–water partition coefficient (Wildman–Crippen LogP) is 4.15. The second kappa shape index (κ2) is 6.97. The molecule has 0 spiro atoms. The van der Waals surface area contributed by atoms with Crippen molar-refractivity contribution < 1.29 is 4.42 Å². The third kappa shape index (κ3) is 3.89. The van der Waals surface area contributed by atoms with Crippen molar-refractivity contribution in [3.63, 3.8) is 0 Å². The highest BCUT2D eigenvalue weighted by Gasteiger charge is 2.29. The average Bonchev–Trinajstić information content (AvgIpc) is 3.37. The maximum Gasteiger partial charge on any atom is 0.230 e. The number of hydrogen-bond acceptors (Lipinski definition) is 4. The molecule has 0 saturated heterocycles. The van der Waals surface area contributed by atoms with Gasteiger partial charge in [0.25, 0.3) is 0 Å². The second-order valence-corrected chi connectivity index (χ2v) is 6.42. The van der Waals surface area contributed by atoms with Crippen LogP contribution in [-0.2, 0) is 19.6 Å². The van der Waals surface area contributed by atoms with Crippen LogP contribution in [0.1, 0.15) is 41.7 Å². The summed E-state index contributed by atoms with van der Waals surface area (Å²) in [5.41, 5.74) is 2.57. The van der Waals surface area contributed by atoms with E-state index >= 15 is 0 Å². The molecule has 1 aromatic heterocycles. The molecule has 4 nitrogen and oxygen atoms in total. The summed E-state index contributed by atoms with van der Waals surface area (Å²) in [4.78, 5) is 2.34. The maximum atomic E-state index is 5.85. The molecule has 1 fully saturated rings. The molecule has 1 aliphatic carbocycles. The minimum Gasteiger partial charge on any atom is -0.424 e. The van der Waals surface area contributed by atoms with Gasteiger partial charge in [0, 0.05) is 19.0 Å². The lowest BCUT2D eigenvalue weighted by Gasteiger charge is -2.20. The van der Waals surface area contributed by atoms with Crippen molar-refractivity contribution in [3.05, 3.63) is 83.6 Å². The van der Waals surface area contributed by atoms with E-state index < -0.39 is 0 Å². The van der Waals surface area contributed by atoms with Crippen molar-refractivity contribution in [2.75, 3.05) is 0 Å². The molecule has 0 bridgehead atoms. The molecule has 24 heavy (non-hydrogen) atoms. The van der Waals surface area contributed by atoms with Crippen LogP contribution in [-0.4, -0.2) is 15.1 Å². The zero-order valence-electron chi connectivity index (χ0n) is 13.6. The Balaban J connectivity index is 1.49. The van der Waals surface area contributed by atoms with E-state index in [1.807, 2.05) is 12.1 Å². The summed E-state index contributed by atoms with van der Waals surface area (Å²) in [5.74, 6) is 2.02. The van der Waals surface area contributed by atoms with Gasteiger partial charge in [0.15, 0.2) is 0 Å². The van der Waals surface area contributed by atoms with Crippen LogP contribution in [0.5, 0.6) is 0 Å². The summed E-state index contributed by atoms with van der Waals surface area (Å²) in [7, 11) is 0. The van der Waals surface area contributed by atoms with E-state index in [4.69, 9.17) is 4.42 Å². The highest BCUT2D eigenvalue weighted by Crippen LogP contribution is 2.39. The highest BCUT2D eigenvalue weighted by molar-refractivity contribution is 5.17. The Morgan fingerprint density at radius 2 is 1.38 bits per heavy atom. The zero-order valence-corrected chi connectivity index (χ0v) is 13.6. The van der Waals surface area contributed by atoms with Crippen LogP contribution in [0.2, 0.25) is 0 Å². The SMILES string of the molecule is c1ccc(CN(Cc2ccccc2)Cc2nnc(C3CC3)o2)cc1. The van der Waals surface area contributed by atoms with Crippen molar-refractivity contribution in [1.29, 1.82) is 0 Å². The lowest BCUT2D eigenvalue weighted by atomic mass is 10.1. The Hall–Kier alpha value is -2.46. The zero-order chi connectivity index (χ0) is 16.2. The van der Waals surface area contributed by atoms with E-state index in [1.165, 1.54) is 24.0 Å². The highest BCUT2D eigenvalue weighted by atomic mass is 16.4.